The van der Waals surface area contributed by atoms with E-state index >= 15 is 0 Å². The van der Waals surface area contributed by atoms with Crippen LogP contribution in [-0.4, -0.2) is 49.8 Å². The Balaban J connectivity index is 0. The molecule has 0 aromatic heterocycles. The summed E-state index contributed by atoms with van der Waals surface area (Å²) in [5.74, 6) is -3.91. The van der Waals surface area contributed by atoms with Gasteiger partial charge in [0.2, 0.25) is 0 Å². The van der Waals surface area contributed by atoms with Crippen molar-refractivity contribution in [3.05, 3.63) is 0 Å². The van der Waals surface area contributed by atoms with Crippen molar-refractivity contribution >= 4 is 34.4 Å². The second-order valence-electron chi connectivity index (χ2n) is 17.2. The molecule has 0 aliphatic heterocycles. The average molecular weight is 772 g/mol. The van der Waals surface area contributed by atoms with E-state index in [1.165, 1.54) is 236 Å². The van der Waals surface area contributed by atoms with E-state index in [-0.39, 0.29) is 0 Å². The van der Waals surface area contributed by atoms with Gasteiger partial charge in [-0.1, -0.05) is 0 Å². The molecule has 0 N–H and O–H groups in total. The molecule has 0 radical (unpaired) electrons. The number of halogens is 2. The maximum atomic E-state index is 8.09. The van der Waals surface area contributed by atoms with Gasteiger partial charge in [-0.3, -0.25) is 0 Å². The third-order valence-corrected chi connectivity index (χ3v) is 25.7. The van der Waals surface area contributed by atoms with Gasteiger partial charge in [0.05, 0.1) is 0 Å². The summed E-state index contributed by atoms with van der Waals surface area (Å²) in [5.41, 5.74) is 0. The Morgan fingerprint density at radius 1 is 0.245 bits per heavy atom. The van der Waals surface area contributed by atoms with Gasteiger partial charge in [-0.2, -0.15) is 0 Å². The molecule has 0 bridgehead atoms. The van der Waals surface area contributed by atoms with Crippen molar-refractivity contribution in [1.29, 1.82) is 0 Å². The van der Waals surface area contributed by atoms with Gasteiger partial charge in [0.1, 0.15) is 0 Å². The summed E-state index contributed by atoms with van der Waals surface area (Å²) in [6, 6.07) is 0. The van der Waals surface area contributed by atoms with Crippen molar-refractivity contribution in [2.24, 2.45) is 0 Å². The van der Waals surface area contributed by atoms with Crippen LogP contribution < -0.4 is 0 Å². The molecule has 0 atom stereocenters. The quantitative estimate of drug-likeness (QED) is 0.0436. The molecule has 0 aromatic carbocycles. The van der Waals surface area contributed by atoms with E-state index in [4.69, 9.17) is 22.5 Å². The second kappa shape index (κ2) is 34.0. The Bertz CT molecular complexity index is 575. The van der Waals surface area contributed by atoms with Crippen LogP contribution in [0.1, 0.15) is 241 Å². The van der Waals surface area contributed by atoms with Gasteiger partial charge in [0.15, 0.2) is 0 Å². The maximum absolute atomic E-state index is 8.09. The molecule has 0 aliphatic carbocycles. The first kappa shape index (κ1) is 52.5. The molecule has 0 unspecified atom stereocenters. The zero-order chi connectivity index (χ0) is 37.1. The molecule has 0 saturated carbocycles. The molecule has 0 rings (SSSR count). The summed E-state index contributed by atoms with van der Waals surface area (Å²) in [5, 5.41) is 0. The SMILES string of the molecule is CCCCCCCCP(Cl)(CCCCCCCC)(CCCCCCCC)CCCCCCCC.CCCCP(C)(Cl)(CCCC)CCCC. The van der Waals surface area contributed by atoms with Gasteiger partial charge in [-0.15, -0.1) is 0 Å². The van der Waals surface area contributed by atoms with Crippen LogP contribution in [0, 0.1) is 0 Å². The van der Waals surface area contributed by atoms with Gasteiger partial charge < -0.3 is 0 Å². The second-order valence-corrected chi connectivity index (χ2v) is 34.3. The van der Waals surface area contributed by atoms with Crippen LogP contribution in [0.15, 0.2) is 0 Å². The summed E-state index contributed by atoms with van der Waals surface area (Å²) >= 11 is 15.2. The third kappa shape index (κ3) is 31.5. The summed E-state index contributed by atoms with van der Waals surface area (Å²) in [4.78, 5) is 0. The standard InChI is InChI=1S/C32H68ClP.C13H30ClP/c1-5-9-13-17-21-25-29-34(33,30-26-22-18-14-10-6-2,31-27-23-19-15-11-7-3)32-28-24-20-16-12-8-4;1-5-8-11-15(4,14,12-9-6-2)13-10-7-3/h5-32H2,1-4H3;5-13H2,1-4H3. The third-order valence-electron chi connectivity index (χ3n) is 11.7. The molecule has 0 heterocycles. The zero-order valence-electron chi connectivity index (χ0n) is 35.8. The van der Waals surface area contributed by atoms with Crippen molar-refractivity contribution in [1.82, 2.24) is 0 Å². The molecule has 0 saturated heterocycles. The van der Waals surface area contributed by atoms with Gasteiger partial charge >= 0.3 is 325 Å². The fraction of sp³-hybridized carbons (Fsp3) is 1.00. The molecule has 0 nitrogen and oxygen atoms in total. The van der Waals surface area contributed by atoms with Crippen molar-refractivity contribution in [2.45, 2.75) is 241 Å². The summed E-state index contributed by atoms with van der Waals surface area (Å²) < 4.78 is 0. The van der Waals surface area contributed by atoms with E-state index in [1.807, 2.05) is 0 Å². The molecule has 0 amide bonds. The van der Waals surface area contributed by atoms with E-state index < -0.39 is 11.9 Å². The van der Waals surface area contributed by atoms with E-state index in [0.29, 0.717) is 0 Å². The Labute approximate surface area is 323 Å². The topological polar surface area (TPSA) is 0 Å². The molecule has 0 aliphatic rings. The molecule has 302 valence electrons. The average Bonchev–Trinajstić information content (AvgIpc) is 3.09. The van der Waals surface area contributed by atoms with Crippen molar-refractivity contribution in [2.75, 3.05) is 49.8 Å². The Hall–Kier alpha value is 1.44. The summed E-state index contributed by atoms with van der Waals surface area (Å²) in [7, 11) is 0. The predicted octanol–water partition coefficient (Wildman–Crippen LogP) is 18.9. The zero-order valence-corrected chi connectivity index (χ0v) is 39.1. The van der Waals surface area contributed by atoms with Crippen molar-refractivity contribution in [3.63, 3.8) is 0 Å². The number of hydrogen-bond acceptors (Lipinski definition) is 0. The molecule has 0 spiro atoms. The number of hydrogen-bond donors (Lipinski definition) is 0. The Morgan fingerprint density at radius 2 is 0.429 bits per heavy atom. The van der Waals surface area contributed by atoms with Crippen LogP contribution in [0.3, 0.4) is 0 Å². The predicted molar refractivity (Wildman–Crippen MR) is 244 cm³/mol. The van der Waals surface area contributed by atoms with Crippen LogP contribution in [0.4, 0.5) is 0 Å². The summed E-state index contributed by atoms with van der Waals surface area (Å²) in [6.07, 6.45) is 51.2. The molecular formula is C45H98Cl2P2. The van der Waals surface area contributed by atoms with Crippen molar-refractivity contribution in [3.8, 4) is 0 Å². The van der Waals surface area contributed by atoms with Crippen LogP contribution in [0.25, 0.3) is 0 Å². The number of rotatable bonds is 37. The van der Waals surface area contributed by atoms with E-state index in [9.17, 15) is 0 Å². The van der Waals surface area contributed by atoms with Crippen LogP contribution in [-0.2, 0) is 0 Å². The fourth-order valence-corrected chi connectivity index (χ4v) is 20.1. The molecule has 4 heteroatoms. The van der Waals surface area contributed by atoms with Crippen molar-refractivity contribution < 1.29 is 0 Å². The van der Waals surface area contributed by atoms with Gasteiger partial charge in [0, 0.05) is 0 Å². The van der Waals surface area contributed by atoms with Gasteiger partial charge in [0.25, 0.3) is 0 Å². The normalized spacial score (nSPS) is 13.8. The Kier molecular flexibility index (Phi) is 36.4. The monoisotopic (exact) mass is 771 g/mol. The minimum absolute atomic E-state index is 1.29. The van der Waals surface area contributed by atoms with Crippen LogP contribution in [0.2, 0.25) is 0 Å². The summed E-state index contributed by atoms with van der Waals surface area (Å²) in [6.45, 7) is 18.5. The number of unbranched alkanes of at least 4 members (excludes halogenated alkanes) is 23. The molecule has 49 heavy (non-hydrogen) atoms. The minimum atomic E-state index is -2.09. The van der Waals surface area contributed by atoms with Gasteiger partial charge in [-0.25, -0.2) is 0 Å². The van der Waals surface area contributed by atoms with Crippen LogP contribution >= 0.6 is 34.4 Å². The van der Waals surface area contributed by atoms with Crippen LogP contribution in [0.5, 0.6) is 0 Å². The van der Waals surface area contributed by atoms with E-state index in [1.54, 1.807) is 0 Å². The van der Waals surface area contributed by atoms with E-state index in [0.717, 1.165) is 0 Å². The van der Waals surface area contributed by atoms with Gasteiger partial charge in [-0.05, 0) is 0 Å². The molecular weight excluding hydrogens is 673 g/mol. The first-order valence-corrected chi connectivity index (χ1v) is 31.0. The molecule has 0 aromatic rings. The molecule has 0 fully saturated rings. The Morgan fingerprint density at radius 3 is 0.633 bits per heavy atom. The van der Waals surface area contributed by atoms with E-state index in [2.05, 4.69) is 55.1 Å². The first-order valence-electron chi connectivity index (χ1n) is 22.9. The first-order chi connectivity index (χ1) is 23.5. The fourth-order valence-electron chi connectivity index (χ4n) is 7.95.